The number of carbonyl (C=O) groups is 1. The minimum Gasteiger partial charge on any atom is -0.339 e. The molecule has 22 heavy (non-hydrogen) atoms. The number of hydrogen-bond acceptors (Lipinski definition) is 2. The van der Waals surface area contributed by atoms with Crippen molar-refractivity contribution < 1.29 is 4.79 Å². The third kappa shape index (κ3) is 4.03. The molecule has 1 aromatic rings. The van der Waals surface area contributed by atoms with Gasteiger partial charge in [0.25, 0.3) is 5.91 Å². The zero-order valence-electron chi connectivity index (χ0n) is 13.0. The highest BCUT2D eigenvalue weighted by molar-refractivity contribution is 9.10. The van der Waals surface area contributed by atoms with Crippen LogP contribution in [0.25, 0.3) is 0 Å². The predicted octanol–water partition coefficient (Wildman–Crippen LogP) is 3.78. The van der Waals surface area contributed by atoms with Gasteiger partial charge < -0.3 is 10.2 Å². The summed E-state index contributed by atoms with van der Waals surface area (Å²) in [5, 5.41) is 3.61. The average molecular weight is 388 g/mol. The minimum absolute atomic E-state index is 0. The smallest absolute Gasteiger partial charge is 0.253 e. The van der Waals surface area contributed by atoms with Crippen molar-refractivity contribution in [3.05, 3.63) is 33.8 Å². The zero-order valence-corrected chi connectivity index (χ0v) is 15.4. The van der Waals surface area contributed by atoms with E-state index in [4.69, 9.17) is 0 Å². The minimum atomic E-state index is 0. The molecule has 5 heteroatoms. The summed E-state index contributed by atoms with van der Waals surface area (Å²) < 4.78 is 0.982. The molecule has 1 unspecified atom stereocenters. The van der Waals surface area contributed by atoms with Crippen molar-refractivity contribution in [1.82, 2.24) is 10.2 Å². The van der Waals surface area contributed by atoms with Crippen molar-refractivity contribution >= 4 is 34.2 Å². The number of aryl methyl sites for hydroxylation is 1. The molecule has 0 spiro atoms. The first-order valence-corrected chi connectivity index (χ1v) is 8.72. The number of rotatable bonds is 2. The maximum Gasteiger partial charge on any atom is 0.253 e. The summed E-state index contributed by atoms with van der Waals surface area (Å²) in [5.74, 6) is 0.929. The van der Waals surface area contributed by atoms with Gasteiger partial charge in [-0.2, -0.15) is 0 Å². The third-order valence-corrected chi connectivity index (χ3v) is 5.24. The Balaban J connectivity index is 0.00000176. The van der Waals surface area contributed by atoms with Crippen LogP contribution >= 0.6 is 28.3 Å². The Bertz CT molecular complexity index is 503. The molecule has 3 rings (SSSR count). The first-order valence-electron chi connectivity index (χ1n) is 7.93. The van der Waals surface area contributed by atoms with Crippen LogP contribution in [0, 0.1) is 12.8 Å². The number of nitrogens with one attached hydrogen (secondary N) is 1. The van der Waals surface area contributed by atoms with Crippen LogP contribution in [0.3, 0.4) is 0 Å². The average Bonchev–Trinajstić information content (AvgIpc) is 3.00. The van der Waals surface area contributed by atoms with Crippen molar-refractivity contribution in [2.24, 2.45) is 5.92 Å². The van der Waals surface area contributed by atoms with Gasteiger partial charge in [0, 0.05) is 29.2 Å². The third-order valence-electron chi connectivity index (χ3n) is 4.78. The molecule has 0 aromatic heterocycles. The van der Waals surface area contributed by atoms with E-state index >= 15 is 0 Å². The number of nitrogens with zero attached hydrogens (tertiary/aromatic N) is 1. The maximum atomic E-state index is 12.6. The lowest BCUT2D eigenvalue weighted by Crippen LogP contribution is -2.43. The molecular weight excluding hydrogens is 364 g/mol. The summed E-state index contributed by atoms with van der Waals surface area (Å²) in [6.45, 7) is 4.99. The van der Waals surface area contributed by atoms with Crippen molar-refractivity contribution in [3.8, 4) is 0 Å². The second-order valence-corrected chi connectivity index (χ2v) is 7.27. The molecular formula is C17H24BrClN2O. The van der Waals surface area contributed by atoms with Gasteiger partial charge >= 0.3 is 0 Å². The standard InChI is InChI=1S/C17H23BrN2O.ClH/c1-12-9-14(11-15(18)10-12)17(21)20-7-4-13(5-8-20)16-3-2-6-19-16;/h9-11,13,16,19H,2-8H2,1H3;1H. The molecule has 0 bridgehead atoms. The lowest BCUT2D eigenvalue weighted by atomic mass is 9.88. The second kappa shape index (κ2) is 7.80. The molecule has 1 N–H and O–H groups in total. The van der Waals surface area contributed by atoms with Gasteiger partial charge in [-0.15, -0.1) is 12.4 Å². The van der Waals surface area contributed by atoms with Gasteiger partial charge in [-0.3, -0.25) is 4.79 Å². The summed E-state index contributed by atoms with van der Waals surface area (Å²) >= 11 is 3.48. The predicted molar refractivity (Wildman–Crippen MR) is 95.8 cm³/mol. The van der Waals surface area contributed by atoms with Gasteiger partial charge in [0.05, 0.1) is 0 Å². The van der Waals surface area contributed by atoms with Crippen LogP contribution in [0.15, 0.2) is 22.7 Å². The van der Waals surface area contributed by atoms with Gasteiger partial charge in [0.2, 0.25) is 0 Å². The highest BCUT2D eigenvalue weighted by Crippen LogP contribution is 2.27. The van der Waals surface area contributed by atoms with Crippen LogP contribution in [0.2, 0.25) is 0 Å². The van der Waals surface area contributed by atoms with Crippen molar-refractivity contribution in [2.45, 2.75) is 38.6 Å². The van der Waals surface area contributed by atoms with Gasteiger partial charge in [-0.25, -0.2) is 0 Å². The van der Waals surface area contributed by atoms with E-state index in [2.05, 4.69) is 21.2 Å². The molecule has 0 aliphatic carbocycles. The van der Waals surface area contributed by atoms with Crippen LogP contribution in [-0.2, 0) is 0 Å². The van der Waals surface area contributed by atoms with E-state index < -0.39 is 0 Å². The van der Waals surface area contributed by atoms with E-state index in [1.54, 1.807) is 0 Å². The summed E-state index contributed by atoms with van der Waals surface area (Å²) in [5.41, 5.74) is 1.93. The van der Waals surface area contributed by atoms with Gasteiger partial charge in [0.1, 0.15) is 0 Å². The van der Waals surface area contributed by atoms with Crippen molar-refractivity contribution in [2.75, 3.05) is 19.6 Å². The SMILES string of the molecule is Cc1cc(Br)cc(C(=O)N2CCC(C3CCCN3)CC2)c1.Cl. The Morgan fingerprint density at radius 3 is 2.55 bits per heavy atom. The number of likely N-dealkylation sites (tertiary alicyclic amines) is 1. The van der Waals surface area contributed by atoms with Gasteiger partial charge in [-0.1, -0.05) is 15.9 Å². The molecule has 0 saturated carbocycles. The number of halogens is 2. The Hall–Kier alpha value is -0.580. The van der Waals surface area contributed by atoms with E-state index in [-0.39, 0.29) is 18.3 Å². The Morgan fingerprint density at radius 1 is 1.23 bits per heavy atom. The normalized spacial score (nSPS) is 22.5. The number of carbonyl (C=O) groups excluding carboxylic acids is 1. The topological polar surface area (TPSA) is 32.3 Å². The van der Waals surface area contributed by atoms with Crippen molar-refractivity contribution in [3.63, 3.8) is 0 Å². The quantitative estimate of drug-likeness (QED) is 0.837. The molecule has 2 heterocycles. The van der Waals surface area contributed by atoms with E-state index in [0.29, 0.717) is 6.04 Å². The van der Waals surface area contributed by atoms with Crippen LogP contribution < -0.4 is 5.32 Å². The molecule has 0 radical (unpaired) electrons. The van der Waals surface area contributed by atoms with E-state index in [1.807, 2.05) is 30.0 Å². The number of benzene rings is 1. The van der Waals surface area contributed by atoms with Crippen LogP contribution in [0.1, 0.15) is 41.6 Å². The summed E-state index contributed by atoms with van der Waals surface area (Å²) in [6, 6.07) is 6.64. The highest BCUT2D eigenvalue weighted by Gasteiger charge is 2.30. The first-order chi connectivity index (χ1) is 10.1. The number of hydrogen-bond donors (Lipinski definition) is 1. The van der Waals surface area contributed by atoms with E-state index in [1.165, 1.54) is 19.4 Å². The molecule has 3 nitrogen and oxygen atoms in total. The molecule has 1 aromatic carbocycles. The lowest BCUT2D eigenvalue weighted by molar-refractivity contribution is 0.0674. The van der Waals surface area contributed by atoms with E-state index in [0.717, 1.165) is 47.4 Å². The Labute approximate surface area is 147 Å². The zero-order chi connectivity index (χ0) is 14.8. The van der Waals surface area contributed by atoms with Gasteiger partial charge in [-0.05, 0) is 68.8 Å². The molecule has 2 aliphatic rings. The second-order valence-electron chi connectivity index (χ2n) is 6.35. The molecule has 2 fully saturated rings. The lowest BCUT2D eigenvalue weighted by Gasteiger charge is -2.35. The molecule has 2 aliphatic heterocycles. The fourth-order valence-corrected chi connectivity index (χ4v) is 4.27. The molecule has 2 saturated heterocycles. The Morgan fingerprint density at radius 2 is 1.95 bits per heavy atom. The monoisotopic (exact) mass is 386 g/mol. The van der Waals surface area contributed by atoms with Crippen LogP contribution in [0.5, 0.6) is 0 Å². The molecule has 1 atom stereocenters. The first kappa shape index (κ1) is 17.8. The van der Waals surface area contributed by atoms with Crippen LogP contribution in [0.4, 0.5) is 0 Å². The number of amides is 1. The number of piperidine rings is 1. The van der Waals surface area contributed by atoms with E-state index in [9.17, 15) is 4.79 Å². The largest absolute Gasteiger partial charge is 0.339 e. The summed E-state index contributed by atoms with van der Waals surface area (Å²) in [6.07, 6.45) is 4.89. The fourth-order valence-electron chi connectivity index (χ4n) is 3.66. The molecule has 122 valence electrons. The summed E-state index contributed by atoms with van der Waals surface area (Å²) in [7, 11) is 0. The van der Waals surface area contributed by atoms with Crippen molar-refractivity contribution in [1.29, 1.82) is 0 Å². The van der Waals surface area contributed by atoms with Gasteiger partial charge in [0.15, 0.2) is 0 Å². The Kier molecular flexibility index (Phi) is 6.30. The maximum absolute atomic E-state index is 12.6. The summed E-state index contributed by atoms with van der Waals surface area (Å²) in [4.78, 5) is 14.6. The highest BCUT2D eigenvalue weighted by atomic mass is 79.9. The van der Waals surface area contributed by atoms with Crippen LogP contribution in [-0.4, -0.2) is 36.5 Å². The fraction of sp³-hybridized carbons (Fsp3) is 0.588. The molecule has 1 amide bonds.